The zero-order valence-corrected chi connectivity index (χ0v) is 16.1. The van der Waals surface area contributed by atoms with Crippen LogP contribution in [0.4, 0.5) is 5.82 Å². The van der Waals surface area contributed by atoms with Crippen molar-refractivity contribution in [3.05, 3.63) is 45.2 Å². The van der Waals surface area contributed by atoms with E-state index < -0.39 is 0 Å². The maximum absolute atomic E-state index is 6.28. The summed E-state index contributed by atoms with van der Waals surface area (Å²) in [5, 5.41) is 3.10. The minimum atomic E-state index is 0.751. The maximum Gasteiger partial charge on any atom is 0.147 e. The largest absolute Gasteiger partial charge is 0.353 e. The van der Waals surface area contributed by atoms with Gasteiger partial charge >= 0.3 is 0 Å². The van der Waals surface area contributed by atoms with Crippen LogP contribution in [0.25, 0.3) is 0 Å². The molecule has 2 aromatic rings. The molecule has 0 N–H and O–H groups in total. The van der Waals surface area contributed by atoms with Gasteiger partial charge in [0.25, 0.3) is 0 Å². The summed E-state index contributed by atoms with van der Waals surface area (Å²) in [7, 11) is 0. The summed E-state index contributed by atoms with van der Waals surface area (Å²) in [4.78, 5) is 13.3. The second-order valence-electron chi connectivity index (χ2n) is 6.98. The summed E-state index contributed by atoms with van der Waals surface area (Å²) in [5.41, 5.74) is 1.49. The third-order valence-corrected chi connectivity index (χ3v) is 6.37. The van der Waals surface area contributed by atoms with Gasteiger partial charge in [-0.2, -0.15) is 0 Å². The Bertz CT molecular complexity index is 690. The highest BCUT2D eigenvalue weighted by atomic mass is 35.5. The first-order valence-electron chi connectivity index (χ1n) is 9.14. The number of thiophene rings is 1. The molecule has 0 amide bonds. The van der Waals surface area contributed by atoms with Gasteiger partial charge in [-0.05, 0) is 55.1 Å². The van der Waals surface area contributed by atoms with Crippen LogP contribution in [-0.2, 0) is 13.1 Å². The quantitative estimate of drug-likeness (QED) is 0.793. The Balaban J connectivity index is 1.28. The monoisotopic (exact) mass is 376 g/mol. The summed E-state index contributed by atoms with van der Waals surface area (Å²) < 4.78 is 0. The van der Waals surface area contributed by atoms with Crippen LogP contribution in [0.5, 0.6) is 0 Å². The second-order valence-corrected chi connectivity index (χ2v) is 8.38. The van der Waals surface area contributed by atoms with Crippen LogP contribution < -0.4 is 4.90 Å². The highest BCUT2D eigenvalue weighted by molar-refractivity contribution is 7.10. The van der Waals surface area contributed by atoms with Crippen LogP contribution in [0.15, 0.2) is 29.8 Å². The number of halogens is 1. The van der Waals surface area contributed by atoms with Crippen LogP contribution in [0.3, 0.4) is 0 Å². The lowest BCUT2D eigenvalue weighted by Crippen LogP contribution is -2.46. The number of hydrogen-bond acceptors (Lipinski definition) is 5. The molecule has 4 rings (SSSR count). The van der Waals surface area contributed by atoms with E-state index in [4.69, 9.17) is 11.6 Å². The molecular formula is C19H25ClN4S. The number of rotatable bonds is 5. The molecule has 0 bridgehead atoms. The summed E-state index contributed by atoms with van der Waals surface area (Å²) in [5.74, 6) is 0.924. The summed E-state index contributed by atoms with van der Waals surface area (Å²) >= 11 is 8.19. The van der Waals surface area contributed by atoms with Crippen molar-refractivity contribution in [1.82, 2.24) is 14.8 Å². The van der Waals surface area contributed by atoms with Crippen LogP contribution in [0.1, 0.15) is 23.3 Å². The van der Waals surface area contributed by atoms with Crippen LogP contribution in [-0.4, -0.2) is 54.1 Å². The van der Waals surface area contributed by atoms with Crippen LogP contribution in [0.2, 0.25) is 5.02 Å². The number of nitrogens with zero attached hydrogens (tertiary/aromatic N) is 4. The number of pyridine rings is 1. The fourth-order valence-electron chi connectivity index (χ4n) is 3.74. The van der Waals surface area contributed by atoms with E-state index in [1.165, 1.54) is 36.4 Å². The van der Waals surface area contributed by atoms with E-state index in [0.717, 1.165) is 50.1 Å². The number of piperazine rings is 1. The molecule has 25 heavy (non-hydrogen) atoms. The van der Waals surface area contributed by atoms with Crippen molar-refractivity contribution in [2.45, 2.75) is 25.9 Å². The zero-order valence-electron chi connectivity index (χ0n) is 14.5. The van der Waals surface area contributed by atoms with Gasteiger partial charge in [0, 0.05) is 50.3 Å². The summed E-state index contributed by atoms with van der Waals surface area (Å²) in [6.45, 7) is 8.83. The number of aromatic nitrogens is 1. The zero-order chi connectivity index (χ0) is 17.1. The smallest absolute Gasteiger partial charge is 0.147 e. The Morgan fingerprint density at radius 2 is 1.76 bits per heavy atom. The first kappa shape index (κ1) is 17.3. The van der Waals surface area contributed by atoms with Gasteiger partial charge < -0.3 is 4.90 Å². The Hall–Kier alpha value is -1.14. The fraction of sp³-hybridized carbons (Fsp3) is 0.526. The van der Waals surface area contributed by atoms with Gasteiger partial charge in [0.1, 0.15) is 5.82 Å². The highest BCUT2D eigenvalue weighted by Gasteiger charge is 2.20. The predicted octanol–water partition coefficient (Wildman–Crippen LogP) is 3.71. The number of likely N-dealkylation sites (tertiary alicyclic amines) is 1. The molecule has 4 heterocycles. The molecule has 2 aromatic heterocycles. The molecule has 4 nitrogen and oxygen atoms in total. The molecule has 134 valence electrons. The van der Waals surface area contributed by atoms with Crippen molar-refractivity contribution >= 4 is 28.8 Å². The molecule has 0 aromatic carbocycles. The lowest BCUT2D eigenvalue weighted by molar-refractivity contribution is 0.251. The third-order valence-electron chi connectivity index (χ3n) is 5.10. The molecule has 2 aliphatic rings. The average molecular weight is 377 g/mol. The Labute approximate surface area is 159 Å². The summed E-state index contributed by atoms with van der Waals surface area (Å²) in [6, 6.07) is 6.22. The van der Waals surface area contributed by atoms with E-state index >= 15 is 0 Å². The van der Waals surface area contributed by atoms with Crippen molar-refractivity contribution < 1.29 is 0 Å². The lowest BCUT2D eigenvalue weighted by Gasteiger charge is -2.35. The molecule has 2 saturated heterocycles. The van der Waals surface area contributed by atoms with E-state index in [2.05, 4.69) is 31.1 Å². The normalized spacial score (nSPS) is 19.6. The Morgan fingerprint density at radius 1 is 1.00 bits per heavy atom. The highest BCUT2D eigenvalue weighted by Crippen LogP contribution is 2.25. The molecule has 2 aliphatic heterocycles. The van der Waals surface area contributed by atoms with Crippen molar-refractivity contribution in [2.75, 3.05) is 44.2 Å². The van der Waals surface area contributed by atoms with Crippen molar-refractivity contribution in [3.63, 3.8) is 0 Å². The van der Waals surface area contributed by atoms with Gasteiger partial charge in [0.15, 0.2) is 0 Å². The first-order chi connectivity index (χ1) is 12.3. The molecular weight excluding hydrogens is 352 g/mol. The van der Waals surface area contributed by atoms with Gasteiger partial charge in [-0.25, -0.2) is 4.98 Å². The molecule has 2 fully saturated rings. The van der Waals surface area contributed by atoms with E-state index in [1.54, 1.807) is 0 Å². The SMILES string of the molecule is Clc1cccnc1N1CCN(Cc2cc(CN3CCCC3)cs2)CC1. The molecule has 0 unspecified atom stereocenters. The topological polar surface area (TPSA) is 22.6 Å². The lowest BCUT2D eigenvalue weighted by atomic mass is 10.2. The minimum absolute atomic E-state index is 0.751. The molecule has 0 atom stereocenters. The van der Waals surface area contributed by atoms with Gasteiger partial charge in [-0.3, -0.25) is 9.80 Å². The first-order valence-corrected chi connectivity index (χ1v) is 10.4. The van der Waals surface area contributed by atoms with Gasteiger partial charge in [0.05, 0.1) is 5.02 Å². The molecule has 0 spiro atoms. The van der Waals surface area contributed by atoms with Crippen LogP contribution >= 0.6 is 22.9 Å². The van der Waals surface area contributed by atoms with Gasteiger partial charge in [-0.1, -0.05) is 11.6 Å². The van der Waals surface area contributed by atoms with Crippen LogP contribution in [0, 0.1) is 0 Å². The predicted molar refractivity (Wildman–Crippen MR) is 106 cm³/mol. The molecule has 0 aliphatic carbocycles. The van der Waals surface area contributed by atoms with Crippen molar-refractivity contribution in [2.24, 2.45) is 0 Å². The van der Waals surface area contributed by atoms with Gasteiger partial charge in [-0.15, -0.1) is 11.3 Å². The Morgan fingerprint density at radius 3 is 2.52 bits per heavy atom. The van der Waals surface area contributed by atoms with E-state index in [9.17, 15) is 0 Å². The number of hydrogen-bond donors (Lipinski definition) is 0. The molecule has 6 heteroatoms. The summed E-state index contributed by atoms with van der Waals surface area (Å²) in [6.07, 6.45) is 4.55. The number of anilines is 1. The van der Waals surface area contributed by atoms with E-state index in [-0.39, 0.29) is 0 Å². The Kier molecular flexibility index (Phi) is 5.56. The second kappa shape index (κ2) is 8.04. The van der Waals surface area contributed by atoms with Gasteiger partial charge in [0.2, 0.25) is 0 Å². The standard InChI is InChI=1S/C19H25ClN4S/c20-18-4-3-5-21-19(18)24-10-8-23(9-11-24)14-17-12-16(15-25-17)13-22-6-1-2-7-22/h3-5,12,15H,1-2,6-11,13-14H2. The van der Waals surface area contributed by atoms with E-state index in [1.807, 2.05) is 29.7 Å². The third kappa shape index (κ3) is 4.34. The minimum Gasteiger partial charge on any atom is -0.353 e. The maximum atomic E-state index is 6.28. The van der Waals surface area contributed by atoms with Crippen molar-refractivity contribution in [1.29, 1.82) is 0 Å². The average Bonchev–Trinajstić information content (AvgIpc) is 3.29. The molecule has 0 radical (unpaired) electrons. The fourth-order valence-corrected chi connectivity index (χ4v) is 4.90. The van der Waals surface area contributed by atoms with E-state index in [0.29, 0.717) is 0 Å². The van der Waals surface area contributed by atoms with Crippen molar-refractivity contribution in [3.8, 4) is 0 Å². The molecule has 0 saturated carbocycles.